The highest BCUT2D eigenvalue weighted by atomic mass is 16.5. The zero-order valence-corrected chi connectivity index (χ0v) is 12.7. The molecule has 2 heterocycles. The van der Waals surface area contributed by atoms with Crippen LogP contribution in [0.5, 0.6) is 0 Å². The maximum absolute atomic E-state index is 12.0. The Morgan fingerprint density at radius 2 is 2.13 bits per heavy atom. The fourth-order valence-electron chi connectivity index (χ4n) is 2.48. The minimum Gasteiger partial charge on any atom is -0.344 e. The van der Waals surface area contributed by atoms with Crippen molar-refractivity contribution >= 4 is 17.6 Å². The van der Waals surface area contributed by atoms with Crippen LogP contribution in [0.15, 0.2) is 35.2 Å². The summed E-state index contributed by atoms with van der Waals surface area (Å²) in [5, 5.41) is 9.40. The number of nitrogens with one attached hydrogen (secondary N) is 2. The summed E-state index contributed by atoms with van der Waals surface area (Å²) in [4.78, 5) is 29.0. The first-order valence-electron chi connectivity index (χ1n) is 7.30. The van der Waals surface area contributed by atoms with E-state index in [4.69, 9.17) is 4.52 Å². The van der Waals surface area contributed by atoms with E-state index in [1.165, 1.54) is 6.39 Å². The molecule has 2 aromatic rings. The zero-order valence-electron chi connectivity index (χ0n) is 12.7. The van der Waals surface area contributed by atoms with Crippen LogP contribution >= 0.6 is 0 Å². The van der Waals surface area contributed by atoms with E-state index in [1.807, 2.05) is 0 Å². The number of likely N-dealkylation sites (N-methyl/N-ethyl adjacent to an activating group) is 1. The maximum atomic E-state index is 12.0. The Balaban J connectivity index is 1.55. The van der Waals surface area contributed by atoms with Gasteiger partial charge in [-0.1, -0.05) is 5.16 Å². The fraction of sp³-hybridized carbons (Fsp3) is 0.333. The average Bonchev–Trinajstić information content (AvgIpc) is 3.06. The SMILES string of the molecule is CN1CC(NC(=O)Nc2ccc(-c3ncon3)cc2)CCC1=O. The molecule has 120 valence electrons. The van der Waals surface area contributed by atoms with Crippen LogP contribution in [-0.2, 0) is 4.79 Å². The number of benzene rings is 1. The van der Waals surface area contributed by atoms with E-state index in [2.05, 4.69) is 20.8 Å². The van der Waals surface area contributed by atoms with Gasteiger partial charge in [-0.3, -0.25) is 4.79 Å². The smallest absolute Gasteiger partial charge is 0.319 e. The molecule has 0 bridgehead atoms. The second-order valence-electron chi connectivity index (χ2n) is 5.44. The Kier molecular flexibility index (Phi) is 4.22. The number of rotatable bonds is 3. The van der Waals surface area contributed by atoms with Gasteiger partial charge >= 0.3 is 6.03 Å². The lowest BCUT2D eigenvalue weighted by molar-refractivity contribution is -0.132. The molecular weight excluding hydrogens is 298 g/mol. The van der Waals surface area contributed by atoms with Gasteiger partial charge in [-0.05, 0) is 30.7 Å². The molecule has 1 aromatic carbocycles. The quantitative estimate of drug-likeness (QED) is 0.893. The van der Waals surface area contributed by atoms with Crippen LogP contribution in [-0.4, -0.2) is 46.6 Å². The molecular formula is C15H17N5O3. The van der Waals surface area contributed by atoms with Crippen LogP contribution in [0.25, 0.3) is 11.4 Å². The van der Waals surface area contributed by atoms with Gasteiger partial charge in [-0.15, -0.1) is 0 Å². The van der Waals surface area contributed by atoms with Crippen LogP contribution in [0.4, 0.5) is 10.5 Å². The number of carbonyl (C=O) groups excluding carboxylic acids is 2. The van der Waals surface area contributed by atoms with Crippen molar-refractivity contribution in [2.24, 2.45) is 0 Å². The molecule has 1 fully saturated rings. The highest BCUT2D eigenvalue weighted by Gasteiger charge is 2.23. The van der Waals surface area contributed by atoms with E-state index in [1.54, 1.807) is 36.2 Å². The van der Waals surface area contributed by atoms with Crippen LogP contribution in [0.1, 0.15) is 12.8 Å². The second kappa shape index (κ2) is 6.47. The third-order valence-electron chi connectivity index (χ3n) is 3.72. The number of likely N-dealkylation sites (tertiary alicyclic amines) is 1. The number of urea groups is 1. The van der Waals surface area contributed by atoms with Gasteiger partial charge < -0.3 is 20.1 Å². The topological polar surface area (TPSA) is 100 Å². The van der Waals surface area contributed by atoms with E-state index in [0.717, 1.165) is 5.56 Å². The Morgan fingerprint density at radius 1 is 1.35 bits per heavy atom. The van der Waals surface area contributed by atoms with Gasteiger partial charge in [0.25, 0.3) is 0 Å². The fourth-order valence-corrected chi connectivity index (χ4v) is 2.48. The van der Waals surface area contributed by atoms with E-state index in [0.29, 0.717) is 30.9 Å². The molecule has 23 heavy (non-hydrogen) atoms. The summed E-state index contributed by atoms with van der Waals surface area (Å²) in [6.07, 6.45) is 2.38. The highest BCUT2D eigenvalue weighted by molar-refractivity contribution is 5.90. The first kappa shape index (κ1) is 15.0. The molecule has 1 aromatic heterocycles. The molecule has 8 nitrogen and oxygen atoms in total. The molecule has 1 saturated heterocycles. The molecule has 0 saturated carbocycles. The third-order valence-corrected chi connectivity index (χ3v) is 3.72. The molecule has 2 N–H and O–H groups in total. The van der Waals surface area contributed by atoms with Crippen molar-refractivity contribution in [1.29, 1.82) is 0 Å². The summed E-state index contributed by atoms with van der Waals surface area (Å²) in [7, 11) is 1.74. The Morgan fingerprint density at radius 3 is 2.78 bits per heavy atom. The minimum absolute atomic E-state index is 0.0312. The Labute approximate surface area is 132 Å². The number of hydrogen-bond donors (Lipinski definition) is 2. The standard InChI is InChI=1S/C15H17N5O3/c1-20-8-12(6-7-13(20)21)18-15(22)17-11-4-2-10(3-5-11)14-16-9-23-19-14/h2-5,9,12H,6-8H2,1H3,(H2,17,18,22). The number of anilines is 1. The molecule has 1 atom stereocenters. The van der Waals surface area contributed by atoms with Crippen LogP contribution < -0.4 is 10.6 Å². The van der Waals surface area contributed by atoms with Crippen molar-refractivity contribution in [3.8, 4) is 11.4 Å². The monoisotopic (exact) mass is 315 g/mol. The molecule has 1 unspecified atom stereocenters. The Bertz CT molecular complexity index is 684. The molecule has 0 aliphatic carbocycles. The third kappa shape index (κ3) is 3.65. The van der Waals surface area contributed by atoms with Crippen LogP contribution in [0.3, 0.4) is 0 Å². The van der Waals surface area contributed by atoms with Gasteiger partial charge in [0.15, 0.2) is 0 Å². The first-order valence-corrected chi connectivity index (χ1v) is 7.30. The average molecular weight is 315 g/mol. The van der Waals surface area contributed by atoms with Crippen molar-refractivity contribution in [3.63, 3.8) is 0 Å². The van der Waals surface area contributed by atoms with Gasteiger partial charge in [0.2, 0.25) is 18.1 Å². The maximum Gasteiger partial charge on any atom is 0.319 e. The van der Waals surface area contributed by atoms with Gasteiger partial charge in [0.05, 0.1) is 0 Å². The van der Waals surface area contributed by atoms with Crippen molar-refractivity contribution < 1.29 is 14.1 Å². The summed E-state index contributed by atoms with van der Waals surface area (Å²) in [5.74, 6) is 0.608. The number of hydrogen-bond acceptors (Lipinski definition) is 5. The molecule has 0 spiro atoms. The zero-order chi connectivity index (χ0) is 16.2. The molecule has 0 radical (unpaired) electrons. The van der Waals surface area contributed by atoms with Gasteiger partial charge in [0.1, 0.15) is 0 Å². The van der Waals surface area contributed by atoms with Crippen LogP contribution in [0.2, 0.25) is 0 Å². The number of piperidine rings is 1. The predicted molar refractivity (Wildman–Crippen MR) is 82.5 cm³/mol. The van der Waals surface area contributed by atoms with Gasteiger partial charge in [0, 0.05) is 37.3 Å². The van der Waals surface area contributed by atoms with Crippen molar-refractivity contribution in [1.82, 2.24) is 20.4 Å². The lowest BCUT2D eigenvalue weighted by Gasteiger charge is -2.30. The van der Waals surface area contributed by atoms with Gasteiger partial charge in [-0.25, -0.2) is 4.79 Å². The summed E-state index contributed by atoms with van der Waals surface area (Å²) >= 11 is 0. The summed E-state index contributed by atoms with van der Waals surface area (Å²) in [6.45, 7) is 0.531. The van der Waals surface area contributed by atoms with Crippen molar-refractivity contribution in [2.45, 2.75) is 18.9 Å². The van der Waals surface area contributed by atoms with Gasteiger partial charge in [-0.2, -0.15) is 4.98 Å². The summed E-state index contributed by atoms with van der Waals surface area (Å²) < 4.78 is 4.70. The van der Waals surface area contributed by atoms with Crippen molar-refractivity contribution in [3.05, 3.63) is 30.7 Å². The molecule has 1 aliphatic heterocycles. The summed E-state index contributed by atoms with van der Waals surface area (Å²) in [6, 6.07) is 6.81. The number of nitrogens with zero attached hydrogens (tertiary/aromatic N) is 3. The molecule has 3 rings (SSSR count). The van der Waals surface area contributed by atoms with E-state index in [-0.39, 0.29) is 18.0 Å². The molecule has 3 amide bonds. The summed E-state index contributed by atoms with van der Waals surface area (Å²) in [5.41, 5.74) is 1.46. The number of aromatic nitrogens is 2. The molecule has 1 aliphatic rings. The van der Waals surface area contributed by atoms with E-state index < -0.39 is 0 Å². The van der Waals surface area contributed by atoms with E-state index >= 15 is 0 Å². The minimum atomic E-state index is -0.287. The van der Waals surface area contributed by atoms with E-state index in [9.17, 15) is 9.59 Å². The Hall–Kier alpha value is -2.90. The van der Waals surface area contributed by atoms with Crippen LogP contribution in [0, 0.1) is 0 Å². The lowest BCUT2D eigenvalue weighted by Crippen LogP contribution is -2.49. The number of amides is 3. The lowest BCUT2D eigenvalue weighted by atomic mass is 10.1. The predicted octanol–water partition coefficient (Wildman–Crippen LogP) is 1.48. The highest BCUT2D eigenvalue weighted by Crippen LogP contribution is 2.17. The van der Waals surface area contributed by atoms with Crippen molar-refractivity contribution in [2.75, 3.05) is 18.9 Å². The largest absolute Gasteiger partial charge is 0.344 e. The number of carbonyl (C=O) groups is 2. The second-order valence-corrected chi connectivity index (χ2v) is 5.44. The normalized spacial score (nSPS) is 17.9. The molecule has 8 heteroatoms. The first-order chi connectivity index (χ1) is 11.1.